The number of nitrogens with one attached hydrogen (secondary N) is 1. The first-order valence-electron chi connectivity index (χ1n) is 10.5. The number of amides is 1. The third-order valence-corrected chi connectivity index (χ3v) is 5.13. The Morgan fingerprint density at radius 1 is 1.17 bits per heavy atom. The lowest BCUT2D eigenvalue weighted by Gasteiger charge is -2.33. The molecule has 3 rings (SSSR count). The number of likely N-dealkylation sites (tertiary alicyclic amines) is 1. The molecule has 1 aliphatic rings. The molecule has 30 heavy (non-hydrogen) atoms. The molecule has 0 atom stereocenters. The van der Waals surface area contributed by atoms with Gasteiger partial charge < -0.3 is 19.7 Å². The predicted molar refractivity (Wildman–Crippen MR) is 118 cm³/mol. The van der Waals surface area contributed by atoms with Gasteiger partial charge in [-0.2, -0.15) is 5.10 Å². The van der Waals surface area contributed by atoms with Crippen LogP contribution >= 0.6 is 0 Å². The number of benzene rings is 1. The zero-order valence-electron chi connectivity index (χ0n) is 18.6. The fourth-order valence-corrected chi connectivity index (χ4v) is 3.49. The van der Waals surface area contributed by atoms with Crippen molar-refractivity contribution in [2.45, 2.75) is 46.1 Å². The van der Waals surface area contributed by atoms with Crippen molar-refractivity contribution in [2.24, 2.45) is 5.92 Å². The molecule has 1 N–H and O–H groups in total. The molecule has 0 aliphatic carbocycles. The molecule has 1 aliphatic heterocycles. The van der Waals surface area contributed by atoms with Gasteiger partial charge in [-0.25, -0.2) is 4.79 Å². The summed E-state index contributed by atoms with van der Waals surface area (Å²) in [7, 11) is 1.65. The second-order valence-corrected chi connectivity index (χ2v) is 8.77. The van der Waals surface area contributed by atoms with Crippen LogP contribution < -0.4 is 10.1 Å². The van der Waals surface area contributed by atoms with Crippen LogP contribution in [0.2, 0.25) is 0 Å². The smallest absolute Gasteiger partial charge is 0.410 e. The average Bonchev–Trinajstić information content (AvgIpc) is 2.71. The van der Waals surface area contributed by atoms with E-state index in [2.05, 4.69) is 15.5 Å². The molecule has 0 bridgehead atoms. The van der Waals surface area contributed by atoms with Crippen molar-refractivity contribution in [1.82, 2.24) is 15.1 Å². The van der Waals surface area contributed by atoms with E-state index < -0.39 is 5.60 Å². The minimum atomic E-state index is -0.459. The zero-order valence-corrected chi connectivity index (χ0v) is 18.6. The van der Waals surface area contributed by atoms with Crippen LogP contribution in [0.5, 0.6) is 5.75 Å². The molecule has 1 aromatic heterocycles. The molecule has 2 aromatic rings. The fourth-order valence-electron chi connectivity index (χ4n) is 3.49. The molecule has 7 nitrogen and oxygen atoms in total. The number of hydrogen-bond acceptors (Lipinski definition) is 6. The van der Waals surface area contributed by atoms with Gasteiger partial charge in [0.15, 0.2) is 0 Å². The number of aromatic nitrogens is 2. The van der Waals surface area contributed by atoms with Crippen molar-refractivity contribution in [3.05, 3.63) is 36.0 Å². The summed E-state index contributed by atoms with van der Waals surface area (Å²) in [5.74, 6) is 1.30. The lowest BCUT2D eigenvalue weighted by atomic mass is 9.97. The Morgan fingerprint density at radius 3 is 2.43 bits per heavy atom. The topological polar surface area (TPSA) is 76.6 Å². The van der Waals surface area contributed by atoms with Gasteiger partial charge in [0.25, 0.3) is 0 Å². The Balaban J connectivity index is 1.60. The van der Waals surface area contributed by atoms with Crippen LogP contribution in [-0.2, 0) is 4.74 Å². The number of carbonyl (C=O) groups is 1. The first kappa shape index (κ1) is 21.9. The molecule has 162 valence electrons. The van der Waals surface area contributed by atoms with Crippen molar-refractivity contribution in [1.29, 1.82) is 0 Å². The Kier molecular flexibility index (Phi) is 6.80. The number of piperidine rings is 1. The Hall–Kier alpha value is -2.83. The lowest BCUT2D eigenvalue weighted by molar-refractivity contribution is 0.0188. The third kappa shape index (κ3) is 5.84. The predicted octanol–water partition coefficient (Wildman–Crippen LogP) is 4.52. The molecule has 1 fully saturated rings. The molecule has 1 saturated heterocycles. The van der Waals surface area contributed by atoms with Gasteiger partial charge in [-0.05, 0) is 76.8 Å². The van der Waals surface area contributed by atoms with Crippen molar-refractivity contribution in [3.63, 3.8) is 0 Å². The number of nitrogens with zero attached hydrogens (tertiary/aromatic N) is 3. The fraction of sp³-hybridized carbons (Fsp3) is 0.522. The van der Waals surface area contributed by atoms with E-state index in [9.17, 15) is 4.79 Å². The number of aryl methyl sites for hydroxylation is 1. The van der Waals surface area contributed by atoms with Crippen molar-refractivity contribution >= 4 is 11.8 Å². The number of methoxy groups -OCH3 is 1. The molecule has 0 unspecified atom stereocenters. The minimum absolute atomic E-state index is 0.218. The molecule has 0 radical (unpaired) electrons. The van der Waals surface area contributed by atoms with Crippen LogP contribution in [0.3, 0.4) is 0 Å². The van der Waals surface area contributed by atoms with Crippen LogP contribution in [0.15, 0.2) is 30.3 Å². The monoisotopic (exact) mass is 412 g/mol. The summed E-state index contributed by atoms with van der Waals surface area (Å²) in [6, 6.07) is 9.85. The van der Waals surface area contributed by atoms with E-state index >= 15 is 0 Å². The van der Waals surface area contributed by atoms with Crippen molar-refractivity contribution in [3.8, 4) is 17.0 Å². The third-order valence-electron chi connectivity index (χ3n) is 5.13. The Labute approximate surface area is 178 Å². The van der Waals surface area contributed by atoms with E-state index in [0.29, 0.717) is 5.92 Å². The van der Waals surface area contributed by atoms with Crippen molar-refractivity contribution < 1.29 is 14.3 Å². The number of rotatable bonds is 5. The van der Waals surface area contributed by atoms with E-state index in [1.807, 2.05) is 62.9 Å². The normalized spacial score (nSPS) is 15.0. The molecular formula is C23H32N4O3. The SMILES string of the molecule is COc1ccc(-c2nnc(C)cc2NCC2CCN(C(=O)OC(C)(C)C)CC2)cc1. The highest BCUT2D eigenvalue weighted by Crippen LogP contribution is 2.28. The minimum Gasteiger partial charge on any atom is -0.497 e. The second-order valence-electron chi connectivity index (χ2n) is 8.77. The molecule has 7 heteroatoms. The average molecular weight is 413 g/mol. The molecular weight excluding hydrogens is 380 g/mol. The highest BCUT2D eigenvalue weighted by Gasteiger charge is 2.26. The molecule has 0 saturated carbocycles. The first-order chi connectivity index (χ1) is 14.2. The number of ether oxygens (including phenoxy) is 2. The highest BCUT2D eigenvalue weighted by atomic mass is 16.6. The van der Waals surface area contributed by atoms with E-state index in [4.69, 9.17) is 9.47 Å². The number of hydrogen-bond donors (Lipinski definition) is 1. The van der Waals surface area contributed by atoms with Crippen LogP contribution in [0.1, 0.15) is 39.3 Å². The summed E-state index contributed by atoms with van der Waals surface area (Å²) >= 11 is 0. The second kappa shape index (κ2) is 9.32. The molecule has 1 aromatic carbocycles. The lowest BCUT2D eigenvalue weighted by Crippen LogP contribution is -2.42. The van der Waals surface area contributed by atoms with Gasteiger partial charge in [0.1, 0.15) is 17.0 Å². The Morgan fingerprint density at radius 2 is 1.83 bits per heavy atom. The largest absolute Gasteiger partial charge is 0.497 e. The van der Waals surface area contributed by atoms with Gasteiger partial charge in [0.05, 0.1) is 18.5 Å². The zero-order chi connectivity index (χ0) is 21.7. The van der Waals surface area contributed by atoms with Crippen LogP contribution in [-0.4, -0.2) is 53.5 Å². The van der Waals surface area contributed by atoms with E-state index in [1.165, 1.54) is 0 Å². The van der Waals surface area contributed by atoms with E-state index in [0.717, 1.165) is 60.9 Å². The molecule has 0 spiro atoms. The summed E-state index contributed by atoms with van der Waals surface area (Å²) in [5, 5.41) is 12.2. The summed E-state index contributed by atoms with van der Waals surface area (Å²) in [6.45, 7) is 9.90. The summed E-state index contributed by atoms with van der Waals surface area (Å²) in [6.07, 6.45) is 1.67. The van der Waals surface area contributed by atoms with Crippen LogP contribution in [0.4, 0.5) is 10.5 Å². The molecule has 2 heterocycles. The van der Waals surface area contributed by atoms with Crippen LogP contribution in [0.25, 0.3) is 11.3 Å². The highest BCUT2D eigenvalue weighted by molar-refractivity contribution is 5.74. The van der Waals surface area contributed by atoms with Gasteiger partial charge in [0.2, 0.25) is 0 Å². The van der Waals surface area contributed by atoms with E-state index in [1.54, 1.807) is 7.11 Å². The summed E-state index contributed by atoms with van der Waals surface area (Å²) in [5.41, 5.74) is 3.20. The Bertz CT molecular complexity index is 854. The van der Waals surface area contributed by atoms with Gasteiger partial charge >= 0.3 is 6.09 Å². The van der Waals surface area contributed by atoms with Gasteiger partial charge in [-0.1, -0.05) is 0 Å². The maximum absolute atomic E-state index is 12.2. The standard InChI is InChI=1S/C23H32N4O3/c1-16-14-20(21(26-25-16)18-6-8-19(29-5)9-7-18)24-15-17-10-12-27(13-11-17)22(28)30-23(2,3)4/h6-9,14,17H,10-13,15H2,1-5H3,(H,24,25). The number of carbonyl (C=O) groups excluding carboxylic acids is 1. The molecule has 1 amide bonds. The van der Waals surface area contributed by atoms with Crippen molar-refractivity contribution in [2.75, 3.05) is 32.1 Å². The maximum atomic E-state index is 12.2. The summed E-state index contributed by atoms with van der Waals surface area (Å²) < 4.78 is 10.7. The quantitative estimate of drug-likeness (QED) is 0.778. The van der Waals surface area contributed by atoms with E-state index in [-0.39, 0.29) is 6.09 Å². The van der Waals surface area contributed by atoms with Crippen LogP contribution in [0, 0.1) is 12.8 Å². The number of anilines is 1. The van der Waals surface area contributed by atoms with Gasteiger partial charge in [-0.3, -0.25) is 0 Å². The van der Waals surface area contributed by atoms with Gasteiger partial charge in [0, 0.05) is 25.2 Å². The maximum Gasteiger partial charge on any atom is 0.410 e. The van der Waals surface area contributed by atoms with Gasteiger partial charge in [-0.15, -0.1) is 5.10 Å². The summed E-state index contributed by atoms with van der Waals surface area (Å²) in [4.78, 5) is 14.1. The first-order valence-corrected chi connectivity index (χ1v) is 10.5.